The maximum atomic E-state index is 10.7. The number of hydrogen-bond acceptors (Lipinski definition) is 4. The van der Waals surface area contributed by atoms with Gasteiger partial charge < -0.3 is 9.47 Å². The zero-order valence-electron chi connectivity index (χ0n) is 11.7. The van der Waals surface area contributed by atoms with Crippen LogP contribution in [-0.2, 0) is 9.53 Å². The maximum Gasteiger partial charge on any atom is 0.155 e. The summed E-state index contributed by atoms with van der Waals surface area (Å²) in [6.07, 6.45) is 10.1. The van der Waals surface area contributed by atoms with Crippen LogP contribution in [0.15, 0.2) is 36.6 Å². The van der Waals surface area contributed by atoms with Crippen molar-refractivity contribution in [1.82, 2.24) is 4.98 Å². The summed E-state index contributed by atoms with van der Waals surface area (Å²) in [7, 11) is 0. The average Bonchev–Trinajstić information content (AvgIpc) is 2.48. The van der Waals surface area contributed by atoms with E-state index >= 15 is 0 Å². The maximum absolute atomic E-state index is 10.7. The van der Waals surface area contributed by atoms with E-state index < -0.39 is 0 Å². The van der Waals surface area contributed by atoms with Crippen LogP contribution in [-0.4, -0.2) is 30.6 Å². The highest BCUT2D eigenvalue weighted by Crippen LogP contribution is 2.22. The summed E-state index contributed by atoms with van der Waals surface area (Å²) in [6, 6.07) is 3.88. The number of Topliss-reactive ketones (excluding diaryl/α,β-unsaturated/α-hetero) is 1. The highest BCUT2D eigenvalue weighted by atomic mass is 16.5. The molecule has 20 heavy (non-hydrogen) atoms. The predicted octanol–water partition coefficient (Wildman–Crippen LogP) is 2.80. The third-order valence-corrected chi connectivity index (χ3v) is 2.88. The van der Waals surface area contributed by atoms with Crippen LogP contribution >= 0.6 is 0 Å². The number of ketones is 1. The molecule has 0 aliphatic heterocycles. The number of nitrogens with zero attached hydrogens (tertiary/aromatic N) is 1. The Hall–Kier alpha value is -1.94. The summed E-state index contributed by atoms with van der Waals surface area (Å²) in [6.45, 7) is 2.46. The molecule has 4 nitrogen and oxygen atoms in total. The molecule has 0 amide bonds. The molecule has 1 aliphatic carbocycles. The van der Waals surface area contributed by atoms with Crippen molar-refractivity contribution in [3.63, 3.8) is 0 Å². The van der Waals surface area contributed by atoms with Crippen LogP contribution < -0.4 is 4.74 Å². The van der Waals surface area contributed by atoms with Gasteiger partial charge in [-0.2, -0.15) is 0 Å². The number of allylic oxidation sites excluding steroid dienone is 4. The van der Waals surface area contributed by atoms with Crippen molar-refractivity contribution in [1.29, 1.82) is 0 Å². The van der Waals surface area contributed by atoms with Crippen LogP contribution in [0.3, 0.4) is 0 Å². The molecular weight excluding hydrogens is 254 g/mol. The fourth-order valence-corrected chi connectivity index (χ4v) is 1.91. The Morgan fingerprint density at radius 1 is 1.35 bits per heavy atom. The molecular formula is C16H19NO3. The van der Waals surface area contributed by atoms with Crippen LogP contribution in [0.1, 0.15) is 25.5 Å². The third kappa shape index (κ3) is 4.63. The van der Waals surface area contributed by atoms with Crippen molar-refractivity contribution in [3.8, 4) is 5.75 Å². The molecule has 1 aromatic heterocycles. The van der Waals surface area contributed by atoms with E-state index in [1.807, 2.05) is 12.1 Å². The largest absolute Gasteiger partial charge is 0.490 e. The highest BCUT2D eigenvalue weighted by molar-refractivity contribution is 5.76. The summed E-state index contributed by atoms with van der Waals surface area (Å²) < 4.78 is 10.6. The zero-order valence-corrected chi connectivity index (χ0v) is 11.7. The molecule has 0 atom stereocenters. The lowest BCUT2D eigenvalue weighted by molar-refractivity contribution is -0.121. The first-order valence-corrected chi connectivity index (χ1v) is 6.78. The number of pyridine rings is 1. The van der Waals surface area contributed by atoms with Gasteiger partial charge in [-0.1, -0.05) is 18.2 Å². The lowest BCUT2D eigenvalue weighted by Gasteiger charge is -2.10. The fourth-order valence-electron chi connectivity index (χ4n) is 1.91. The van der Waals surface area contributed by atoms with Gasteiger partial charge >= 0.3 is 0 Å². The van der Waals surface area contributed by atoms with Crippen LogP contribution in [0.25, 0.3) is 5.57 Å². The Morgan fingerprint density at radius 2 is 2.25 bits per heavy atom. The molecule has 0 N–H and O–H groups in total. The van der Waals surface area contributed by atoms with Crippen LogP contribution in [0, 0.1) is 0 Å². The Balaban J connectivity index is 1.78. The molecule has 0 unspecified atom stereocenters. The van der Waals surface area contributed by atoms with Crippen molar-refractivity contribution in [3.05, 3.63) is 42.3 Å². The van der Waals surface area contributed by atoms with Gasteiger partial charge in [0.25, 0.3) is 0 Å². The van der Waals surface area contributed by atoms with Crippen molar-refractivity contribution < 1.29 is 14.3 Å². The van der Waals surface area contributed by atoms with E-state index in [0.29, 0.717) is 19.0 Å². The number of hydrogen-bond donors (Lipinski definition) is 0. The number of aromatic nitrogens is 1. The van der Waals surface area contributed by atoms with Crippen molar-refractivity contribution in [2.45, 2.75) is 19.8 Å². The molecule has 0 aromatic carbocycles. The number of carbonyl (C=O) groups excluding carboxylic acids is 1. The quantitative estimate of drug-likeness (QED) is 0.717. The Morgan fingerprint density at radius 3 is 2.90 bits per heavy atom. The molecule has 1 heterocycles. The first-order valence-electron chi connectivity index (χ1n) is 6.78. The van der Waals surface area contributed by atoms with Gasteiger partial charge in [0.1, 0.15) is 19.0 Å². The van der Waals surface area contributed by atoms with E-state index in [1.54, 1.807) is 6.20 Å². The first-order chi connectivity index (χ1) is 9.75. The molecule has 106 valence electrons. The van der Waals surface area contributed by atoms with Crippen LogP contribution in [0.5, 0.6) is 5.75 Å². The van der Waals surface area contributed by atoms with E-state index in [0.717, 1.165) is 18.5 Å². The monoisotopic (exact) mass is 273 g/mol. The second kappa shape index (κ2) is 7.60. The minimum Gasteiger partial charge on any atom is -0.490 e. The van der Waals surface area contributed by atoms with Crippen molar-refractivity contribution in [2.75, 3.05) is 19.8 Å². The Kier molecular flexibility index (Phi) is 5.50. The first kappa shape index (κ1) is 14.5. The van der Waals surface area contributed by atoms with E-state index in [-0.39, 0.29) is 12.4 Å². The SMILES string of the molecule is CC(=O)COCCOc1ccc(C2=CC=CCC2)nc1. The fraction of sp³-hybridized carbons (Fsp3) is 0.375. The third-order valence-electron chi connectivity index (χ3n) is 2.88. The summed E-state index contributed by atoms with van der Waals surface area (Å²) in [4.78, 5) is 15.1. The smallest absolute Gasteiger partial charge is 0.155 e. The molecule has 0 spiro atoms. The minimum absolute atomic E-state index is 0.0193. The minimum atomic E-state index is 0.0193. The summed E-state index contributed by atoms with van der Waals surface area (Å²) in [5.74, 6) is 0.734. The normalized spacial score (nSPS) is 13.9. The molecule has 0 radical (unpaired) electrons. The Bertz CT molecular complexity index is 503. The van der Waals surface area contributed by atoms with Gasteiger partial charge in [0.2, 0.25) is 0 Å². The summed E-state index contributed by atoms with van der Waals surface area (Å²) in [5, 5.41) is 0. The lowest BCUT2D eigenvalue weighted by atomic mass is 10.0. The molecule has 1 aliphatic rings. The van der Waals surface area contributed by atoms with Crippen LogP contribution in [0.4, 0.5) is 0 Å². The average molecular weight is 273 g/mol. The molecule has 1 aromatic rings. The highest BCUT2D eigenvalue weighted by Gasteiger charge is 2.05. The second-order valence-corrected chi connectivity index (χ2v) is 4.64. The van der Waals surface area contributed by atoms with Gasteiger partial charge in [0.15, 0.2) is 5.78 Å². The summed E-state index contributed by atoms with van der Waals surface area (Å²) >= 11 is 0. The molecule has 2 rings (SSSR count). The van der Waals surface area contributed by atoms with Gasteiger partial charge in [0.05, 0.1) is 18.5 Å². The number of rotatable bonds is 7. The molecule has 4 heteroatoms. The molecule has 0 fully saturated rings. The molecule has 0 saturated heterocycles. The Labute approximate surface area is 119 Å². The summed E-state index contributed by atoms with van der Waals surface area (Å²) in [5.41, 5.74) is 2.25. The van der Waals surface area contributed by atoms with Gasteiger partial charge in [0, 0.05) is 0 Å². The molecule has 0 bridgehead atoms. The van der Waals surface area contributed by atoms with Crippen molar-refractivity contribution >= 4 is 11.4 Å². The van der Waals surface area contributed by atoms with Gasteiger partial charge in [-0.3, -0.25) is 9.78 Å². The second-order valence-electron chi connectivity index (χ2n) is 4.64. The van der Waals surface area contributed by atoms with Gasteiger partial charge in [-0.15, -0.1) is 0 Å². The van der Waals surface area contributed by atoms with E-state index in [4.69, 9.17) is 9.47 Å². The predicted molar refractivity (Wildman–Crippen MR) is 77.6 cm³/mol. The number of carbonyl (C=O) groups is 1. The molecule has 0 saturated carbocycles. The topological polar surface area (TPSA) is 48.4 Å². The van der Waals surface area contributed by atoms with Crippen molar-refractivity contribution in [2.24, 2.45) is 0 Å². The standard InChI is InChI=1S/C16H19NO3/c1-13(18)12-19-9-10-20-15-7-8-16(17-11-15)14-5-3-2-4-6-14/h2-3,5,7-8,11H,4,6,9-10,12H2,1H3. The van der Waals surface area contributed by atoms with E-state index in [1.165, 1.54) is 12.5 Å². The zero-order chi connectivity index (χ0) is 14.2. The van der Waals surface area contributed by atoms with Gasteiger partial charge in [-0.25, -0.2) is 0 Å². The van der Waals surface area contributed by atoms with E-state index in [9.17, 15) is 4.79 Å². The van der Waals surface area contributed by atoms with Crippen LogP contribution in [0.2, 0.25) is 0 Å². The number of ether oxygens (including phenoxy) is 2. The lowest BCUT2D eigenvalue weighted by Crippen LogP contribution is -2.11. The van der Waals surface area contributed by atoms with Gasteiger partial charge in [-0.05, 0) is 37.5 Å². The van der Waals surface area contributed by atoms with E-state index in [2.05, 4.69) is 23.2 Å².